The van der Waals surface area contributed by atoms with Gasteiger partial charge in [0.05, 0.1) is 0 Å². The molecule has 5 heteroatoms. The third-order valence-electron chi connectivity index (χ3n) is 2.98. The van der Waals surface area contributed by atoms with Crippen molar-refractivity contribution in [3.63, 3.8) is 0 Å². The number of aliphatic imine (C=N–C) groups is 1. The zero-order valence-corrected chi connectivity index (χ0v) is 12.5. The molecule has 2 aromatic carbocycles. The number of phenols is 2. The predicted molar refractivity (Wildman–Crippen MR) is 83.0 cm³/mol. The molecule has 2 aromatic rings. The molecule has 0 aliphatic heterocycles. The Bertz CT molecular complexity index is 697. The first-order chi connectivity index (χ1) is 9.40. The normalized spacial score (nSPS) is 11.2. The smallest absolute Gasteiger partial charge is 0.141 e. The molecule has 0 spiro atoms. The molecule has 2 N–H and O–H groups in total. The molecule has 0 atom stereocenters. The highest BCUT2D eigenvalue weighted by atomic mass is 35.5. The molecule has 2 rings (SSSR count). The minimum atomic E-state index is 0.0148. The second-order valence-electron chi connectivity index (χ2n) is 4.46. The quantitative estimate of drug-likeness (QED) is 0.785. The number of rotatable bonds is 2. The zero-order chi connectivity index (χ0) is 14.9. The summed E-state index contributed by atoms with van der Waals surface area (Å²) in [7, 11) is 0. The molecule has 3 nitrogen and oxygen atoms in total. The summed E-state index contributed by atoms with van der Waals surface area (Å²) in [6.45, 7) is 3.62. The van der Waals surface area contributed by atoms with Crippen molar-refractivity contribution < 1.29 is 10.2 Å². The molecule has 0 aromatic heterocycles. The summed E-state index contributed by atoms with van der Waals surface area (Å²) in [5, 5.41) is 20.7. The lowest BCUT2D eigenvalue weighted by Gasteiger charge is -2.08. The van der Waals surface area contributed by atoms with E-state index in [-0.39, 0.29) is 11.5 Å². The number of aromatic hydroxyl groups is 2. The van der Waals surface area contributed by atoms with Gasteiger partial charge in [-0.15, -0.1) is 0 Å². The van der Waals surface area contributed by atoms with Gasteiger partial charge in [0.1, 0.15) is 17.2 Å². The van der Waals surface area contributed by atoms with Gasteiger partial charge in [-0.25, -0.2) is 0 Å². The van der Waals surface area contributed by atoms with Crippen LogP contribution >= 0.6 is 23.2 Å². The van der Waals surface area contributed by atoms with Gasteiger partial charge >= 0.3 is 0 Å². The van der Waals surface area contributed by atoms with Gasteiger partial charge in [-0.3, -0.25) is 4.99 Å². The van der Waals surface area contributed by atoms with Crippen molar-refractivity contribution in [2.75, 3.05) is 0 Å². The van der Waals surface area contributed by atoms with Gasteiger partial charge in [-0.05, 0) is 49.2 Å². The Labute approximate surface area is 127 Å². The van der Waals surface area contributed by atoms with Crippen molar-refractivity contribution in [1.29, 1.82) is 0 Å². The minimum Gasteiger partial charge on any atom is -0.507 e. The molecule has 0 aliphatic carbocycles. The minimum absolute atomic E-state index is 0.0148. The zero-order valence-electron chi connectivity index (χ0n) is 11.0. The molecule has 0 radical (unpaired) electrons. The molecule has 0 saturated carbocycles. The van der Waals surface area contributed by atoms with Gasteiger partial charge < -0.3 is 10.2 Å². The first-order valence-corrected chi connectivity index (χ1v) is 6.67. The first-order valence-electron chi connectivity index (χ1n) is 5.91. The maximum Gasteiger partial charge on any atom is 0.141 e. The molecule has 0 aliphatic rings. The van der Waals surface area contributed by atoms with E-state index >= 15 is 0 Å². The Morgan fingerprint density at radius 1 is 1.05 bits per heavy atom. The van der Waals surface area contributed by atoms with Crippen LogP contribution in [-0.4, -0.2) is 16.4 Å². The fraction of sp³-hybridized carbons (Fsp3) is 0.133. The summed E-state index contributed by atoms with van der Waals surface area (Å²) in [6, 6.07) is 6.15. The van der Waals surface area contributed by atoms with E-state index in [1.165, 1.54) is 18.3 Å². The SMILES string of the molecule is Cc1cc(O)c(C=Nc2cc(Cl)ccc2O)c(C)c1Cl. The number of benzene rings is 2. The molecule has 0 saturated heterocycles. The summed E-state index contributed by atoms with van der Waals surface area (Å²) in [5.41, 5.74) is 2.37. The van der Waals surface area contributed by atoms with E-state index in [0.29, 0.717) is 21.3 Å². The van der Waals surface area contributed by atoms with Crippen LogP contribution in [0.1, 0.15) is 16.7 Å². The monoisotopic (exact) mass is 309 g/mol. The molecule has 104 valence electrons. The summed E-state index contributed by atoms with van der Waals surface area (Å²) in [6.07, 6.45) is 1.46. The molecule has 0 heterocycles. The topological polar surface area (TPSA) is 52.8 Å². The number of halogens is 2. The van der Waals surface area contributed by atoms with Crippen LogP contribution in [0.25, 0.3) is 0 Å². The van der Waals surface area contributed by atoms with E-state index in [4.69, 9.17) is 23.2 Å². The van der Waals surface area contributed by atoms with Crippen molar-refractivity contribution >= 4 is 35.1 Å². The van der Waals surface area contributed by atoms with Gasteiger partial charge in [-0.1, -0.05) is 23.2 Å². The van der Waals surface area contributed by atoms with Gasteiger partial charge in [0.25, 0.3) is 0 Å². The average molecular weight is 310 g/mol. The Hall–Kier alpha value is -1.71. The lowest BCUT2D eigenvalue weighted by molar-refractivity contribution is 0.473. The van der Waals surface area contributed by atoms with E-state index in [9.17, 15) is 10.2 Å². The third-order valence-corrected chi connectivity index (χ3v) is 3.80. The van der Waals surface area contributed by atoms with E-state index in [0.717, 1.165) is 11.1 Å². The second kappa shape index (κ2) is 5.73. The number of phenolic OH excluding ortho intramolecular Hbond substituents is 2. The van der Waals surface area contributed by atoms with Crippen LogP contribution in [-0.2, 0) is 0 Å². The summed E-state index contributed by atoms with van der Waals surface area (Å²) >= 11 is 12.0. The Morgan fingerprint density at radius 3 is 2.45 bits per heavy atom. The fourth-order valence-corrected chi connectivity index (χ4v) is 2.17. The van der Waals surface area contributed by atoms with Crippen LogP contribution in [0.2, 0.25) is 10.0 Å². The van der Waals surface area contributed by atoms with Crippen LogP contribution < -0.4 is 0 Å². The molecule has 0 unspecified atom stereocenters. The molecule has 0 bridgehead atoms. The van der Waals surface area contributed by atoms with Crippen molar-refractivity contribution in [2.24, 2.45) is 4.99 Å². The summed E-state index contributed by atoms with van der Waals surface area (Å²) in [4.78, 5) is 4.15. The van der Waals surface area contributed by atoms with Gasteiger partial charge in [0, 0.05) is 21.8 Å². The van der Waals surface area contributed by atoms with Crippen LogP contribution in [0.5, 0.6) is 11.5 Å². The standard InChI is InChI=1S/C15H13Cl2NO2/c1-8-5-14(20)11(9(2)15(8)17)7-18-12-6-10(16)3-4-13(12)19/h3-7,19-20H,1-2H3. The molecule has 20 heavy (non-hydrogen) atoms. The third kappa shape index (κ3) is 2.89. The Kier molecular flexibility index (Phi) is 4.21. The highest BCUT2D eigenvalue weighted by molar-refractivity contribution is 6.32. The van der Waals surface area contributed by atoms with E-state index in [1.54, 1.807) is 19.1 Å². The van der Waals surface area contributed by atoms with Crippen molar-refractivity contribution in [3.8, 4) is 11.5 Å². The van der Waals surface area contributed by atoms with Crippen LogP contribution in [0.15, 0.2) is 29.3 Å². The fourth-order valence-electron chi connectivity index (χ4n) is 1.85. The van der Waals surface area contributed by atoms with Crippen LogP contribution in [0.4, 0.5) is 5.69 Å². The number of hydrogen-bond donors (Lipinski definition) is 2. The first kappa shape index (κ1) is 14.7. The maximum atomic E-state index is 9.96. The lowest BCUT2D eigenvalue weighted by Crippen LogP contribution is -1.92. The van der Waals surface area contributed by atoms with E-state index in [2.05, 4.69) is 4.99 Å². The van der Waals surface area contributed by atoms with Crippen molar-refractivity contribution in [2.45, 2.75) is 13.8 Å². The molecule has 0 amide bonds. The highest BCUT2D eigenvalue weighted by Crippen LogP contribution is 2.32. The molecule has 0 fully saturated rings. The maximum absolute atomic E-state index is 9.96. The largest absolute Gasteiger partial charge is 0.507 e. The summed E-state index contributed by atoms with van der Waals surface area (Å²) in [5.74, 6) is 0.107. The molecular weight excluding hydrogens is 297 g/mol. The van der Waals surface area contributed by atoms with Gasteiger partial charge in [0.15, 0.2) is 0 Å². The molecular formula is C15H13Cl2NO2. The predicted octanol–water partition coefficient (Wildman–Crippen LogP) is 4.77. The Morgan fingerprint density at radius 2 is 1.75 bits per heavy atom. The van der Waals surface area contributed by atoms with Crippen LogP contribution in [0.3, 0.4) is 0 Å². The Balaban J connectivity index is 2.47. The average Bonchev–Trinajstić information content (AvgIpc) is 2.40. The highest BCUT2D eigenvalue weighted by Gasteiger charge is 2.10. The van der Waals surface area contributed by atoms with Gasteiger partial charge in [0.2, 0.25) is 0 Å². The summed E-state index contributed by atoms with van der Waals surface area (Å²) < 4.78 is 0. The number of aryl methyl sites for hydroxylation is 1. The van der Waals surface area contributed by atoms with Crippen LogP contribution in [0, 0.1) is 13.8 Å². The van der Waals surface area contributed by atoms with Gasteiger partial charge in [-0.2, -0.15) is 0 Å². The number of nitrogens with zero attached hydrogens (tertiary/aromatic N) is 1. The second-order valence-corrected chi connectivity index (χ2v) is 5.27. The van der Waals surface area contributed by atoms with Crippen molar-refractivity contribution in [1.82, 2.24) is 0 Å². The van der Waals surface area contributed by atoms with E-state index in [1.807, 2.05) is 6.92 Å². The number of hydrogen-bond acceptors (Lipinski definition) is 3. The van der Waals surface area contributed by atoms with E-state index < -0.39 is 0 Å². The van der Waals surface area contributed by atoms with Crippen molar-refractivity contribution in [3.05, 3.63) is 51.0 Å². The lowest BCUT2D eigenvalue weighted by atomic mass is 10.0.